The normalized spacial score (nSPS) is 14.7. The molecule has 0 aliphatic carbocycles. The van der Waals surface area contributed by atoms with E-state index in [9.17, 15) is 0 Å². The fourth-order valence-corrected chi connectivity index (χ4v) is 4.17. The summed E-state index contributed by atoms with van der Waals surface area (Å²) >= 11 is 3.66. The number of halogens is 1. The number of nitrogens with zero attached hydrogens (tertiary/aromatic N) is 2. The Kier molecular flexibility index (Phi) is 10.00. The van der Waals surface area contributed by atoms with Crippen LogP contribution in [0.3, 0.4) is 0 Å². The Balaban J connectivity index is 0.000000582. The first-order valence-electron chi connectivity index (χ1n) is 10.0. The Morgan fingerprint density at radius 2 is 1.27 bits per heavy atom. The van der Waals surface area contributed by atoms with E-state index in [1.54, 1.807) is 0 Å². The molecule has 0 saturated heterocycles. The fraction of sp³-hybridized carbons (Fsp3) is 0.154. The number of hydrogen-bond acceptors (Lipinski definition) is 6. The van der Waals surface area contributed by atoms with Crippen molar-refractivity contribution in [3.05, 3.63) is 106 Å². The molecule has 0 radical (unpaired) electrons. The summed E-state index contributed by atoms with van der Waals surface area (Å²) in [7, 11) is 0. The van der Waals surface area contributed by atoms with Gasteiger partial charge >= 0.3 is 12.3 Å². The van der Waals surface area contributed by atoms with E-state index >= 15 is 0 Å². The number of carbonyl (C=O) groups excluding carboxylic acids is 4. The second kappa shape index (κ2) is 12.9. The van der Waals surface area contributed by atoms with Crippen molar-refractivity contribution in [1.82, 2.24) is 0 Å². The van der Waals surface area contributed by atoms with Crippen molar-refractivity contribution in [1.29, 1.82) is 0 Å². The summed E-state index contributed by atoms with van der Waals surface area (Å²) in [6, 6.07) is 30.0. The number of allylic oxidation sites excluding steroid dienone is 1. The van der Waals surface area contributed by atoms with Gasteiger partial charge in [0.15, 0.2) is 0 Å². The van der Waals surface area contributed by atoms with Crippen molar-refractivity contribution in [2.45, 2.75) is 20.0 Å². The maximum absolute atomic E-state index is 8.12. The third-order valence-corrected chi connectivity index (χ3v) is 5.69. The summed E-state index contributed by atoms with van der Waals surface area (Å²) in [5.74, 6) is 0. The van der Waals surface area contributed by atoms with Gasteiger partial charge in [-0.25, -0.2) is 0 Å². The highest BCUT2D eigenvalue weighted by Gasteiger charge is 2.33. The molecule has 3 aromatic rings. The van der Waals surface area contributed by atoms with Crippen molar-refractivity contribution >= 4 is 39.6 Å². The molecule has 1 heterocycles. The predicted octanol–water partition coefficient (Wildman–Crippen LogP) is 5.60. The average Bonchev–Trinajstić information content (AvgIpc) is 2.82. The molecule has 0 saturated carbocycles. The molecule has 0 amide bonds. The molecule has 7 heteroatoms. The Morgan fingerprint density at radius 1 is 0.758 bits per heavy atom. The second-order valence-electron chi connectivity index (χ2n) is 7.13. The molecule has 33 heavy (non-hydrogen) atoms. The quantitative estimate of drug-likeness (QED) is 0.460. The van der Waals surface area contributed by atoms with Crippen LogP contribution in [0.4, 0.5) is 11.4 Å². The number of rotatable bonds is 3. The minimum Gasteiger partial charge on any atom is -0.343 e. The van der Waals surface area contributed by atoms with E-state index in [0.29, 0.717) is 0 Å². The van der Waals surface area contributed by atoms with E-state index in [2.05, 4.69) is 125 Å². The molecule has 6 nitrogen and oxygen atoms in total. The molecule has 0 bridgehead atoms. The smallest absolute Gasteiger partial charge is 0.343 e. The lowest BCUT2D eigenvalue weighted by Crippen LogP contribution is -2.46. The number of benzene rings is 3. The van der Waals surface area contributed by atoms with E-state index in [1.807, 2.05) is 0 Å². The lowest BCUT2D eigenvalue weighted by Gasteiger charge is -2.47. The van der Waals surface area contributed by atoms with Gasteiger partial charge in [-0.1, -0.05) is 64.5 Å². The van der Waals surface area contributed by atoms with E-state index in [4.69, 9.17) is 19.2 Å². The highest BCUT2D eigenvalue weighted by Crippen LogP contribution is 2.41. The summed E-state index contributed by atoms with van der Waals surface area (Å²) in [5, 5.41) is 0. The third kappa shape index (κ3) is 6.61. The first-order valence-corrected chi connectivity index (χ1v) is 10.8. The van der Waals surface area contributed by atoms with Crippen LogP contribution >= 0.6 is 15.9 Å². The van der Waals surface area contributed by atoms with Crippen LogP contribution in [0, 0.1) is 0 Å². The van der Waals surface area contributed by atoms with Crippen molar-refractivity contribution in [3.8, 4) is 0 Å². The third-order valence-electron chi connectivity index (χ3n) is 5.20. The Morgan fingerprint density at radius 3 is 1.79 bits per heavy atom. The zero-order valence-corrected chi connectivity index (χ0v) is 19.9. The molecule has 1 unspecified atom stereocenters. The molecule has 1 aliphatic heterocycles. The zero-order valence-electron chi connectivity index (χ0n) is 18.3. The molecule has 0 N–H and O–H groups in total. The van der Waals surface area contributed by atoms with Crippen LogP contribution in [0.5, 0.6) is 0 Å². The average molecular weight is 507 g/mol. The van der Waals surface area contributed by atoms with Crippen molar-refractivity contribution in [3.63, 3.8) is 0 Å². The Labute approximate surface area is 201 Å². The molecule has 1 atom stereocenters. The Bertz CT molecular complexity index is 1130. The van der Waals surface area contributed by atoms with Crippen LogP contribution in [0.2, 0.25) is 0 Å². The molecule has 4 rings (SSSR count). The highest BCUT2D eigenvalue weighted by molar-refractivity contribution is 9.10. The molecule has 1 aliphatic rings. The summed E-state index contributed by atoms with van der Waals surface area (Å²) in [4.78, 5) is 37.4. The summed E-state index contributed by atoms with van der Waals surface area (Å²) in [6.07, 6.45) is 0.594. The molecule has 0 fully saturated rings. The SMILES string of the molecule is CC1=C(C)N(c2ccccc2)C(c2cccc(Br)c2)N(c2ccccc2)C1.O=C=O.O=C=O. The highest BCUT2D eigenvalue weighted by atomic mass is 79.9. The second-order valence-corrected chi connectivity index (χ2v) is 8.05. The van der Waals surface area contributed by atoms with Crippen LogP contribution in [-0.4, -0.2) is 18.8 Å². The standard InChI is InChI=1S/C24H23BrN2.2CO2/c1-18-17-26(22-12-5-3-6-13-22)24(20-10-9-11-21(25)16-20)27(19(18)2)23-14-7-4-8-15-23;2*2-1-3/h3-16,24H,17H2,1-2H3;;. The summed E-state index contributed by atoms with van der Waals surface area (Å²) in [5.41, 5.74) is 6.41. The van der Waals surface area contributed by atoms with Gasteiger partial charge in [0.25, 0.3) is 0 Å². The molecule has 0 spiro atoms. The first-order chi connectivity index (χ1) is 16.0. The molecular formula is C26H23BrN2O4. The number of hydrogen-bond donors (Lipinski definition) is 0. The lowest BCUT2D eigenvalue weighted by molar-refractivity contribution is -0.193. The number of anilines is 2. The van der Waals surface area contributed by atoms with E-state index < -0.39 is 0 Å². The van der Waals surface area contributed by atoms with E-state index in [0.717, 1.165) is 11.0 Å². The van der Waals surface area contributed by atoms with E-state index in [1.165, 1.54) is 28.2 Å². The van der Waals surface area contributed by atoms with Gasteiger partial charge in [0.2, 0.25) is 0 Å². The van der Waals surface area contributed by atoms with Crippen LogP contribution in [0.25, 0.3) is 0 Å². The maximum atomic E-state index is 8.12. The van der Waals surface area contributed by atoms with Gasteiger partial charge in [-0.2, -0.15) is 19.2 Å². The van der Waals surface area contributed by atoms with E-state index in [-0.39, 0.29) is 18.5 Å². The largest absolute Gasteiger partial charge is 0.373 e. The monoisotopic (exact) mass is 506 g/mol. The zero-order chi connectivity index (χ0) is 24.2. The molecule has 3 aromatic carbocycles. The Hall–Kier alpha value is -3.76. The lowest BCUT2D eigenvalue weighted by atomic mass is 10.0. The van der Waals surface area contributed by atoms with Gasteiger partial charge in [-0.3, -0.25) is 0 Å². The van der Waals surface area contributed by atoms with Gasteiger partial charge in [-0.05, 0) is 61.4 Å². The summed E-state index contributed by atoms with van der Waals surface area (Å²) < 4.78 is 1.10. The minimum absolute atomic E-state index is 0.0935. The van der Waals surface area contributed by atoms with Crippen molar-refractivity contribution in [2.75, 3.05) is 16.3 Å². The van der Waals surface area contributed by atoms with Crippen LogP contribution in [-0.2, 0) is 19.2 Å². The predicted molar refractivity (Wildman–Crippen MR) is 128 cm³/mol. The van der Waals surface area contributed by atoms with Crippen molar-refractivity contribution in [2.24, 2.45) is 0 Å². The van der Waals surface area contributed by atoms with Gasteiger partial charge in [0.05, 0.1) is 0 Å². The first kappa shape index (κ1) is 25.5. The molecule has 0 aromatic heterocycles. The topological polar surface area (TPSA) is 74.8 Å². The van der Waals surface area contributed by atoms with Gasteiger partial charge in [-0.15, -0.1) is 0 Å². The fourth-order valence-electron chi connectivity index (χ4n) is 3.76. The van der Waals surface area contributed by atoms with Gasteiger partial charge < -0.3 is 9.80 Å². The van der Waals surface area contributed by atoms with Gasteiger partial charge in [0, 0.05) is 28.1 Å². The molecular weight excluding hydrogens is 484 g/mol. The van der Waals surface area contributed by atoms with Gasteiger partial charge in [0.1, 0.15) is 6.17 Å². The maximum Gasteiger partial charge on any atom is 0.373 e. The van der Waals surface area contributed by atoms with Crippen LogP contribution in [0.15, 0.2) is 101 Å². The van der Waals surface area contributed by atoms with Crippen LogP contribution in [0.1, 0.15) is 25.6 Å². The molecule has 168 valence electrons. The minimum atomic E-state index is 0.0935. The summed E-state index contributed by atoms with van der Waals surface area (Å²) in [6.45, 7) is 5.38. The van der Waals surface area contributed by atoms with Crippen LogP contribution < -0.4 is 9.80 Å². The van der Waals surface area contributed by atoms with Crippen molar-refractivity contribution < 1.29 is 19.2 Å². The number of para-hydroxylation sites is 2.